The van der Waals surface area contributed by atoms with Gasteiger partial charge in [0.15, 0.2) is 0 Å². The number of aromatic nitrogens is 2. The first-order valence-corrected chi connectivity index (χ1v) is 6.72. The molecule has 3 rings (SSSR count). The Balaban J connectivity index is 2.27. The maximum Gasteiger partial charge on any atom is 0.126 e. The van der Waals surface area contributed by atoms with Crippen LogP contribution in [0, 0.1) is 18.3 Å². The number of methoxy groups -OCH3 is 1. The van der Waals surface area contributed by atoms with E-state index in [4.69, 9.17) is 10.00 Å². The summed E-state index contributed by atoms with van der Waals surface area (Å²) in [5, 5.41) is 13.3. The van der Waals surface area contributed by atoms with E-state index in [0.717, 1.165) is 33.5 Å². The average Bonchev–Trinajstić information content (AvgIpc) is 2.92. The summed E-state index contributed by atoms with van der Waals surface area (Å²) < 4.78 is 7.27. The van der Waals surface area contributed by atoms with Gasteiger partial charge in [0.25, 0.3) is 0 Å². The van der Waals surface area contributed by atoms with Crippen LogP contribution in [0.3, 0.4) is 0 Å². The molecule has 0 saturated heterocycles. The van der Waals surface area contributed by atoms with Gasteiger partial charge < -0.3 is 4.74 Å². The lowest BCUT2D eigenvalue weighted by molar-refractivity contribution is 0.416. The maximum absolute atomic E-state index is 8.95. The van der Waals surface area contributed by atoms with Gasteiger partial charge in [-0.25, -0.2) is 4.52 Å². The van der Waals surface area contributed by atoms with E-state index in [2.05, 4.69) is 18.1 Å². The molecule has 0 N–H and O–H groups in total. The molecule has 0 fully saturated rings. The maximum atomic E-state index is 8.95. The summed E-state index contributed by atoms with van der Waals surface area (Å²) in [7, 11) is 1.67. The highest BCUT2D eigenvalue weighted by molar-refractivity contribution is 5.79. The van der Waals surface area contributed by atoms with Crippen LogP contribution in [0.2, 0.25) is 0 Å². The molecule has 0 bridgehead atoms. The predicted octanol–water partition coefficient (Wildman–Crippen LogP) is 3.38. The molecule has 0 saturated carbocycles. The average molecular weight is 277 g/mol. The summed E-state index contributed by atoms with van der Waals surface area (Å²) in [4.78, 5) is 0. The minimum atomic E-state index is 0.361. The van der Waals surface area contributed by atoms with Crippen LogP contribution >= 0.6 is 0 Å². The number of fused-ring (bicyclic) bond motifs is 1. The van der Waals surface area contributed by atoms with Crippen molar-refractivity contribution in [3.8, 4) is 22.9 Å². The molecule has 21 heavy (non-hydrogen) atoms. The minimum absolute atomic E-state index is 0.361. The number of nitriles is 1. The molecule has 104 valence electrons. The molecule has 0 atom stereocenters. The summed E-state index contributed by atoms with van der Waals surface area (Å²) in [6.45, 7) is 2.06. The second-order valence-electron chi connectivity index (χ2n) is 4.85. The number of aryl methyl sites for hydroxylation is 1. The van der Waals surface area contributed by atoms with Crippen molar-refractivity contribution in [2.24, 2.45) is 0 Å². The molecular formula is C17H15N3O. The summed E-state index contributed by atoms with van der Waals surface area (Å²) in [5.74, 6) is 0.839. The van der Waals surface area contributed by atoms with Crippen LogP contribution in [0.5, 0.6) is 5.75 Å². The standard InChI is InChI=1S/C17H15N3O/c1-12-14(15-5-3-4-6-16(15)21-2)8-10-20-17(12)13(7-9-18)11-19-20/h3-6,8,10-11H,7H2,1-2H3. The van der Waals surface area contributed by atoms with Gasteiger partial charge in [0.2, 0.25) is 0 Å². The lowest BCUT2D eigenvalue weighted by atomic mass is 9.98. The Bertz CT molecular complexity index is 843. The van der Waals surface area contributed by atoms with E-state index in [0.29, 0.717) is 6.42 Å². The molecule has 0 aliphatic carbocycles. The zero-order valence-electron chi connectivity index (χ0n) is 12.0. The molecule has 0 aliphatic heterocycles. The van der Waals surface area contributed by atoms with E-state index in [-0.39, 0.29) is 0 Å². The molecule has 0 unspecified atom stereocenters. The quantitative estimate of drug-likeness (QED) is 0.737. The van der Waals surface area contributed by atoms with Crippen LogP contribution in [-0.2, 0) is 6.42 Å². The van der Waals surface area contributed by atoms with Crippen LogP contribution < -0.4 is 4.74 Å². The van der Waals surface area contributed by atoms with Crippen LogP contribution in [0.25, 0.3) is 16.6 Å². The largest absolute Gasteiger partial charge is 0.496 e. The van der Waals surface area contributed by atoms with Crippen molar-refractivity contribution in [2.45, 2.75) is 13.3 Å². The molecule has 0 aliphatic rings. The summed E-state index contributed by atoms with van der Waals surface area (Å²) in [5.41, 5.74) is 5.19. The topological polar surface area (TPSA) is 50.3 Å². The molecule has 0 spiro atoms. The smallest absolute Gasteiger partial charge is 0.126 e. The van der Waals surface area contributed by atoms with Crippen molar-refractivity contribution in [1.82, 2.24) is 9.61 Å². The normalized spacial score (nSPS) is 10.5. The van der Waals surface area contributed by atoms with Crippen LogP contribution in [0.15, 0.2) is 42.7 Å². The molecule has 0 amide bonds. The summed E-state index contributed by atoms with van der Waals surface area (Å²) in [6.07, 6.45) is 4.04. The molecule has 4 nitrogen and oxygen atoms in total. The monoisotopic (exact) mass is 277 g/mol. The predicted molar refractivity (Wildman–Crippen MR) is 81.2 cm³/mol. The summed E-state index contributed by atoms with van der Waals surface area (Å²) >= 11 is 0. The van der Waals surface area contributed by atoms with Gasteiger partial charge in [0.1, 0.15) is 5.75 Å². The Kier molecular flexibility index (Phi) is 3.33. The Labute approximate surface area is 123 Å². The first kappa shape index (κ1) is 13.2. The highest BCUT2D eigenvalue weighted by Gasteiger charge is 2.13. The van der Waals surface area contributed by atoms with Gasteiger partial charge >= 0.3 is 0 Å². The van der Waals surface area contributed by atoms with E-state index >= 15 is 0 Å². The third kappa shape index (κ3) is 2.13. The van der Waals surface area contributed by atoms with Crippen molar-refractivity contribution < 1.29 is 4.74 Å². The Morgan fingerprint density at radius 3 is 2.81 bits per heavy atom. The first-order chi connectivity index (χ1) is 10.3. The third-order valence-electron chi connectivity index (χ3n) is 3.68. The molecule has 2 heterocycles. The molecule has 1 aromatic carbocycles. The third-order valence-corrected chi connectivity index (χ3v) is 3.68. The van der Waals surface area contributed by atoms with Gasteiger partial charge in [-0.05, 0) is 30.2 Å². The number of rotatable bonds is 3. The van der Waals surface area contributed by atoms with E-state index in [1.54, 1.807) is 13.3 Å². The van der Waals surface area contributed by atoms with E-state index < -0.39 is 0 Å². The van der Waals surface area contributed by atoms with Gasteiger partial charge in [-0.15, -0.1) is 0 Å². The van der Waals surface area contributed by atoms with Crippen LogP contribution in [-0.4, -0.2) is 16.7 Å². The number of para-hydroxylation sites is 1. The number of benzene rings is 1. The second-order valence-corrected chi connectivity index (χ2v) is 4.85. The number of ether oxygens (including phenoxy) is 1. The fraction of sp³-hybridized carbons (Fsp3) is 0.176. The number of pyridine rings is 1. The zero-order valence-corrected chi connectivity index (χ0v) is 12.0. The van der Waals surface area contributed by atoms with Gasteiger partial charge in [0.05, 0.1) is 31.3 Å². The van der Waals surface area contributed by atoms with E-state index in [1.807, 2.05) is 41.0 Å². The van der Waals surface area contributed by atoms with Crippen molar-refractivity contribution in [3.05, 3.63) is 53.9 Å². The SMILES string of the molecule is COc1ccccc1-c1ccn2ncc(CC#N)c2c1C. The molecule has 2 aromatic heterocycles. The number of hydrogen-bond acceptors (Lipinski definition) is 3. The van der Waals surface area contributed by atoms with Crippen LogP contribution in [0.1, 0.15) is 11.1 Å². The molecule has 0 radical (unpaired) electrons. The molecular weight excluding hydrogens is 262 g/mol. The van der Waals surface area contributed by atoms with E-state index in [1.165, 1.54) is 0 Å². The fourth-order valence-electron chi connectivity index (χ4n) is 2.69. The highest BCUT2D eigenvalue weighted by Crippen LogP contribution is 2.34. The number of hydrogen-bond donors (Lipinski definition) is 0. The lowest BCUT2D eigenvalue weighted by Crippen LogP contribution is -1.95. The molecule has 4 heteroatoms. The van der Waals surface area contributed by atoms with Crippen molar-refractivity contribution >= 4 is 5.52 Å². The summed E-state index contributed by atoms with van der Waals surface area (Å²) in [6, 6.07) is 12.2. The van der Waals surface area contributed by atoms with Crippen molar-refractivity contribution in [3.63, 3.8) is 0 Å². The van der Waals surface area contributed by atoms with Crippen molar-refractivity contribution in [2.75, 3.05) is 7.11 Å². The highest BCUT2D eigenvalue weighted by atomic mass is 16.5. The lowest BCUT2D eigenvalue weighted by Gasteiger charge is -2.12. The Hall–Kier alpha value is -2.80. The zero-order chi connectivity index (χ0) is 14.8. The van der Waals surface area contributed by atoms with Crippen molar-refractivity contribution in [1.29, 1.82) is 5.26 Å². The van der Waals surface area contributed by atoms with Gasteiger partial charge in [-0.3, -0.25) is 0 Å². The van der Waals surface area contributed by atoms with Crippen LogP contribution in [0.4, 0.5) is 0 Å². The fourth-order valence-corrected chi connectivity index (χ4v) is 2.69. The minimum Gasteiger partial charge on any atom is -0.496 e. The van der Waals surface area contributed by atoms with E-state index in [9.17, 15) is 0 Å². The van der Waals surface area contributed by atoms with Gasteiger partial charge in [-0.2, -0.15) is 10.4 Å². The Morgan fingerprint density at radius 2 is 2.05 bits per heavy atom. The number of nitrogens with zero attached hydrogens (tertiary/aromatic N) is 3. The Morgan fingerprint density at radius 1 is 1.24 bits per heavy atom. The second kappa shape index (κ2) is 5.29. The van der Waals surface area contributed by atoms with Gasteiger partial charge in [0, 0.05) is 17.3 Å². The van der Waals surface area contributed by atoms with Gasteiger partial charge in [-0.1, -0.05) is 18.2 Å². The first-order valence-electron chi connectivity index (χ1n) is 6.72. The molecule has 3 aromatic rings.